The molecular weight excluding hydrogens is 385 g/mol. The van der Waals surface area contributed by atoms with Gasteiger partial charge in [0.15, 0.2) is 5.96 Å². The molecule has 2 aliphatic rings. The average molecular weight is 413 g/mol. The maximum absolute atomic E-state index is 4.75. The van der Waals surface area contributed by atoms with Gasteiger partial charge in [0.05, 0.1) is 6.54 Å². The quantitative estimate of drug-likeness (QED) is 0.422. The Hall–Kier alpha value is -0.780. The molecule has 0 heterocycles. The van der Waals surface area contributed by atoms with E-state index in [1.54, 1.807) is 0 Å². The first-order valence-electron chi connectivity index (χ1n) is 8.30. The van der Waals surface area contributed by atoms with Crippen molar-refractivity contribution in [2.24, 2.45) is 16.3 Å². The molecule has 1 aromatic rings. The van der Waals surface area contributed by atoms with Gasteiger partial charge in [-0.2, -0.15) is 0 Å². The van der Waals surface area contributed by atoms with E-state index in [1.807, 2.05) is 0 Å². The Morgan fingerprint density at radius 3 is 2.55 bits per heavy atom. The summed E-state index contributed by atoms with van der Waals surface area (Å²) in [5.41, 5.74) is 3.23. The molecule has 122 valence electrons. The second kappa shape index (κ2) is 7.66. The first-order chi connectivity index (χ1) is 10.2. The molecule has 0 atom stereocenters. The number of aliphatic imine (C=N–C) groups is 1. The fraction of sp³-hybridized carbons (Fsp3) is 0.611. The Kier molecular flexibility index (Phi) is 6.12. The predicted octanol–water partition coefficient (Wildman–Crippen LogP) is 3.86. The standard InChI is InChI=1S/C18H27N3.HI/c1-3-19-17(20-12-15-7-5-4-6-14(15)2)21-13-18(10-11-18)16-8-9-16;/h4-7,16H,3,8-13H2,1-2H3,(H2,19,20,21);1H. The molecule has 0 saturated heterocycles. The van der Waals surface area contributed by atoms with E-state index < -0.39 is 0 Å². The van der Waals surface area contributed by atoms with Crippen LogP contribution < -0.4 is 10.6 Å². The number of nitrogens with one attached hydrogen (secondary N) is 2. The lowest BCUT2D eigenvalue weighted by Crippen LogP contribution is -2.40. The zero-order chi connectivity index (χ0) is 14.7. The maximum atomic E-state index is 4.75. The van der Waals surface area contributed by atoms with Gasteiger partial charge in [-0.05, 0) is 62.0 Å². The van der Waals surface area contributed by atoms with Crippen LogP contribution in [0.15, 0.2) is 29.3 Å². The third-order valence-electron chi connectivity index (χ3n) is 4.96. The molecular formula is C18H28IN3. The number of nitrogens with zero attached hydrogens (tertiary/aromatic N) is 1. The van der Waals surface area contributed by atoms with Crippen molar-refractivity contribution in [2.75, 3.05) is 13.1 Å². The molecule has 3 nitrogen and oxygen atoms in total. The fourth-order valence-electron chi connectivity index (χ4n) is 3.14. The Morgan fingerprint density at radius 2 is 1.95 bits per heavy atom. The summed E-state index contributed by atoms with van der Waals surface area (Å²) in [5.74, 6) is 1.96. The van der Waals surface area contributed by atoms with E-state index in [0.29, 0.717) is 5.41 Å². The molecule has 4 heteroatoms. The van der Waals surface area contributed by atoms with Crippen LogP contribution in [0.25, 0.3) is 0 Å². The average Bonchev–Trinajstić information content (AvgIpc) is 3.37. The van der Waals surface area contributed by atoms with Gasteiger partial charge in [0, 0.05) is 13.1 Å². The molecule has 0 bridgehead atoms. The Bertz CT molecular complexity index is 519. The van der Waals surface area contributed by atoms with Crippen LogP contribution in [-0.2, 0) is 6.54 Å². The topological polar surface area (TPSA) is 36.4 Å². The number of halogens is 1. The van der Waals surface area contributed by atoms with Crippen LogP contribution in [0.3, 0.4) is 0 Å². The number of hydrogen-bond donors (Lipinski definition) is 2. The van der Waals surface area contributed by atoms with Crippen molar-refractivity contribution < 1.29 is 0 Å². The van der Waals surface area contributed by atoms with Crippen LogP contribution in [0.5, 0.6) is 0 Å². The number of benzene rings is 1. The first kappa shape index (κ1) is 17.6. The van der Waals surface area contributed by atoms with Gasteiger partial charge >= 0.3 is 0 Å². The molecule has 2 saturated carbocycles. The monoisotopic (exact) mass is 413 g/mol. The van der Waals surface area contributed by atoms with Gasteiger partial charge < -0.3 is 10.6 Å². The summed E-state index contributed by atoms with van der Waals surface area (Å²) in [6.45, 7) is 7.03. The van der Waals surface area contributed by atoms with Crippen molar-refractivity contribution in [3.8, 4) is 0 Å². The van der Waals surface area contributed by atoms with Crippen molar-refractivity contribution in [3.05, 3.63) is 35.4 Å². The number of guanidine groups is 1. The summed E-state index contributed by atoms with van der Waals surface area (Å²) in [6.07, 6.45) is 5.70. The molecule has 3 rings (SSSR count). The summed E-state index contributed by atoms with van der Waals surface area (Å²) in [7, 11) is 0. The van der Waals surface area contributed by atoms with Crippen LogP contribution >= 0.6 is 24.0 Å². The summed E-state index contributed by atoms with van der Waals surface area (Å²) in [4.78, 5) is 4.75. The summed E-state index contributed by atoms with van der Waals surface area (Å²) in [6, 6.07) is 8.48. The van der Waals surface area contributed by atoms with E-state index in [4.69, 9.17) is 4.99 Å². The Balaban J connectivity index is 0.00000176. The molecule has 0 aliphatic heterocycles. The lowest BCUT2D eigenvalue weighted by atomic mass is 10.0. The minimum atomic E-state index is 0. The summed E-state index contributed by atoms with van der Waals surface area (Å²) in [5, 5.41) is 6.94. The lowest BCUT2D eigenvalue weighted by molar-refractivity contribution is 0.431. The number of rotatable bonds is 6. The van der Waals surface area contributed by atoms with Gasteiger partial charge in [-0.1, -0.05) is 24.3 Å². The van der Waals surface area contributed by atoms with Crippen LogP contribution in [-0.4, -0.2) is 19.0 Å². The minimum Gasteiger partial charge on any atom is -0.357 e. The Morgan fingerprint density at radius 1 is 1.23 bits per heavy atom. The molecule has 0 spiro atoms. The van der Waals surface area contributed by atoms with Crippen LogP contribution in [0.2, 0.25) is 0 Å². The lowest BCUT2D eigenvalue weighted by Gasteiger charge is -2.18. The zero-order valence-corrected chi connectivity index (χ0v) is 16.0. The third-order valence-corrected chi connectivity index (χ3v) is 4.96. The molecule has 0 amide bonds. The highest BCUT2D eigenvalue weighted by Crippen LogP contribution is 2.60. The second-order valence-corrected chi connectivity index (χ2v) is 6.61. The molecule has 2 fully saturated rings. The third kappa shape index (κ3) is 4.37. The molecule has 2 aliphatic carbocycles. The molecule has 0 unspecified atom stereocenters. The van der Waals surface area contributed by atoms with Crippen molar-refractivity contribution in [2.45, 2.75) is 46.1 Å². The minimum absolute atomic E-state index is 0. The maximum Gasteiger partial charge on any atom is 0.191 e. The largest absolute Gasteiger partial charge is 0.357 e. The fourth-order valence-corrected chi connectivity index (χ4v) is 3.14. The normalized spacial score (nSPS) is 19.3. The van der Waals surface area contributed by atoms with E-state index in [9.17, 15) is 0 Å². The van der Waals surface area contributed by atoms with Crippen LogP contribution in [0.1, 0.15) is 43.7 Å². The van der Waals surface area contributed by atoms with Gasteiger partial charge in [-0.15, -0.1) is 24.0 Å². The van der Waals surface area contributed by atoms with Crippen LogP contribution in [0, 0.1) is 18.3 Å². The highest BCUT2D eigenvalue weighted by molar-refractivity contribution is 14.0. The smallest absolute Gasteiger partial charge is 0.191 e. The Labute approximate surface area is 151 Å². The SMILES string of the molecule is CCNC(=NCc1ccccc1C)NCC1(C2CC2)CC1.I. The predicted molar refractivity (Wildman–Crippen MR) is 104 cm³/mol. The number of aryl methyl sites for hydroxylation is 1. The van der Waals surface area contributed by atoms with Crippen LogP contribution in [0.4, 0.5) is 0 Å². The molecule has 0 aromatic heterocycles. The van der Waals surface area contributed by atoms with E-state index in [-0.39, 0.29) is 24.0 Å². The van der Waals surface area contributed by atoms with Crippen molar-refractivity contribution in [3.63, 3.8) is 0 Å². The van der Waals surface area contributed by atoms with Crippen molar-refractivity contribution >= 4 is 29.9 Å². The molecule has 22 heavy (non-hydrogen) atoms. The highest BCUT2D eigenvalue weighted by Gasteiger charge is 2.53. The van der Waals surface area contributed by atoms with Gasteiger partial charge in [0.25, 0.3) is 0 Å². The van der Waals surface area contributed by atoms with Gasteiger partial charge in [0.2, 0.25) is 0 Å². The second-order valence-electron chi connectivity index (χ2n) is 6.61. The van der Waals surface area contributed by atoms with E-state index in [2.05, 4.69) is 48.7 Å². The van der Waals surface area contributed by atoms with Gasteiger partial charge in [-0.3, -0.25) is 0 Å². The van der Waals surface area contributed by atoms with E-state index in [1.165, 1.54) is 36.8 Å². The van der Waals surface area contributed by atoms with Crippen molar-refractivity contribution in [1.29, 1.82) is 0 Å². The summed E-state index contributed by atoms with van der Waals surface area (Å²) >= 11 is 0. The summed E-state index contributed by atoms with van der Waals surface area (Å²) < 4.78 is 0. The zero-order valence-electron chi connectivity index (χ0n) is 13.7. The molecule has 2 N–H and O–H groups in total. The van der Waals surface area contributed by atoms with E-state index in [0.717, 1.165) is 31.5 Å². The highest BCUT2D eigenvalue weighted by atomic mass is 127. The van der Waals surface area contributed by atoms with Crippen molar-refractivity contribution in [1.82, 2.24) is 10.6 Å². The first-order valence-corrected chi connectivity index (χ1v) is 8.30. The molecule has 1 aromatic carbocycles. The van der Waals surface area contributed by atoms with Gasteiger partial charge in [-0.25, -0.2) is 4.99 Å². The van der Waals surface area contributed by atoms with E-state index >= 15 is 0 Å². The number of hydrogen-bond acceptors (Lipinski definition) is 1. The molecule has 0 radical (unpaired) electrons. The van der Waals surface area contributed by atoms with Gasteiger partial charge in [0.1, 0.15) is 0 Å².